The molecule has 2 saturated heterocycles. The summed E-state index contributed by atoms with van der Waals surface area (Å²) in [5.74, 6) is 1.42. The molecule has 5 fully saturated rings. The van der Waals surface area contributed by atoms with Gasteiger partial charge in [0, 0.05) is 37.8 Å². The maximum atomic E-state index is 13.4. The van der Waals surface area contributed by atoms with E-state index in [9.17, 15) is 19.2 Å². The number of likely N-dealkylation sites (tertiary alicyclic amines) is 1. The van der Waals surface area contributed by atoms with Crippen molar-refractivity contribution in [3.63, 3.8) is 0 Å². The number of nitrogens with zero attached hydrogens (tertiary/aromatic N) is 6. The van der Waals surface area contributed by atoms with Crippen LogP contribution in [-0.4, -0.2) is 108 Å². The lowest BCUT2D eigenvalue weighted by Gasteiger charge is -2.64. The fraction of sp³-hybridized carbons (Fsp3) is 0.762. The molecular formula is C42H66BN7O8. The van der Waals surface area contributed by atoms with Gasteiger partial charge < -0.3 is 38.1 Å². The maximum Gasteiger partial charge on any atom is 0.481 e. The number of nitrogens with one attached hydrogen (secondary N) is 1. The lowest BCUT2D eigenvalue weighted by molar-refractivity contribution is -0.199. The Balaban J connectivity index is 0.978. The molecule has 2 aromatic rings. The molecule has 58 heavy (non-hydrogen) atoms. The van der Waals surface area contributed by atoms with Gasteiger partial charge in [0.25, 0.3) is 0 Å². The van der Waals surface area contributed by atoms with Crippen LogP contribution in [0.1, 0.15) is 125 Å². The molecule has 0 spiro atoms. The lowest BCUT2D eigenvalue weighted by atomic mass is 9.43. The Labute approximate surface area is 344 Å². The number of imidazole rings is 2. The first-order chi connectivity index (χ1) is 27.2. The highest BCUT2D eigenvalue weighted by molar-refractivity contribution is 6.48. The summed E-state index contributed by atoms with van der Waals surface area (Å²) in [4.78, 5) is 64.8. The molecule has 0 radical (unpaired) electrons. The van der Waals surface area contributed by atoms with Crippen molar-refractivity contribution < 1.29 is 38.0 Å². The van der Waals surface area contributed by atoms with Crippen molar-refractivity contribution in [2.24, 2.45) is 17.3 Å². The number of ether oxygens (including phenoxy) is 2. The molecule has 2 unspecified atom stereocenters. The van der Waals surface area contributed by atoms with E-state index in [1.165, 1.54) is 6.42 Å². The second-order valence-electron chi connectivity index (χ2n) is 19.5. The molecule has 2 aromatic heterocycles. The Kier molecular flexibility index (Phi) is 13.2. The molecule has 320 valence electrons. The van der Waals surface area contributed by atoms with Gasteiger partial charge in [-0.05, 0) is 111 Å². The number of carbonyl (C=O) groups is 4. The number of aromatic nitrogens is 4. The van der Waals surface area contributed by atoms with Crippen molar-refractivity contribution in [3.8, 4) is 0 Å². The average molecular weight is 808 g/mol. The quantitative estimate of drug-likeness (QED) is 0.134. The number of carbonyl (C=O) groups excluding carboxylic acids is 4. The number of esters is 2. The number of unbranched alkanes of at least 4 members (excludes halogenated alkanes) is 2. The number of hydrogen-bond acceptors (Lipinski definition) is 11. The zero-order valence-corrected chi connectivity index (χ0v) is 36.3. The van der Waals surface area contributed by atoms with Crippen LogP contribution in [0.25, 0.3) is 0 Å². The molecule has 5 aliphatic rings. The average Bonchev–Trinajstić information content (AvgIpc) is 3.92. The van der Waals surface area contributed by atoms with E-state index < -0.39 is 18.3 Å². The second-order valence-corrected chi connectivity index (χ2v) is 19.5. The fourth-order valence-electron chi connectivity index (χ4n) is 9.52. The van der Waals surface area contributed by atoms with E-state index in [4.69, 9.17) is 18.8 Å². The first-order valence-electron chi connectivity index (χ1n) is 21.3. The van der Waals surface area contributed by atoms with Gasteiger partial charge in [-0.15, -0.1) is 0 Å². The van der Waals surface area contributed by atoms with Crippen molar-refractivity contribution in [2.75, 3.05) is 19.6 Å². The van der Waals surface area contributed by atoms with E-state index >= 15 is 0 Å². The molecule has 5 atom stereocenters. The summed E-state index contributed by atoms with van der Waals surface area (Å²) in [5.41, 5.74) is -1.27. The van der Waals surface area contributed by atoms with Crippen molar-refractivity contribution in [3.05, 3.63) is 36.4 Å². The van der Waals surface area contributed by atoms with Gasteiger partial charge in [-0.3, -0.25) is 24.1 Å². The summed E-state index contributed by atoms with van der Waals surface area (Å²) in [6.45, 7) is 20.1. The van der Waals surface area contributed by atoms with Crippen LogP contribution in [0.3, 0.4) is 0 Å². The summed E-state index contributed by atoms with van der Waals surface area (Å²) < 4.78 is 27.9. The first kappa shape index (κ1) is 43.8. The van der Waals surface area contributed by atoms with Crippen molar-refractivity contribution in [1.82, 2.24) is 34.2 Å². The minimum absolute atomic E-state index is 0.0328. The van der Waals surface area contributed by atoms with Crippen LogP contribution in [0.2, 0.25) is 0 Å². The minimum atomic E-state index is -0.603. The molecule has 15 nitrogen and oxygen atoms in total. The topological polar surface area (TPSA) is 159 Å². The second kappa shape index (κ2) is 17.5. The Morgan fingerprint density at radius 2 is 1.50 bits per heavy atom. The SMILES string of the molecule is CC(C)(C)OC(=O)Cn1ccnc1CN(CCCCCC(=O)NCC(=O)N1CCCC1B1O[C@@H]2C[C@H]3CC(C3(C)C)[C@]2(C)O1)Cc1nccn1CC(=O)OC(C)(C)C. The predicted octanol–water partition coefficient (Wildman–Crippen LogP) is 4.70. The van der Waals surface area contributed by atoms with Gasteiger partial charge in [0.1, 0.15) is 35.9 Å². The van der Waals surface area contributed by atoms with Crippen molar-refractivity contribution in [2.45, 2.75) is 169 Å². The van der Waals surface area contributed by atoms with Crippen LogP contribution in [0, 0.1) is 17.3 Å². The molecule has 4 heterocycles. The van der Waals surface area contributed by atoms with E-state index in [0.29, 0.717) is 62.5 Å². The van der Waals surface area contributed by atoms with E-state index in [0.717, 1.165) is 32.1 Å². The monoisotopic (exact) mass is 808 g/mol. The van der Waals surface area contributed by atoms with Gasteiger partial charge in [-0.2, -0.15) is 0 Å². The van der Waals surface area contributed by atoms with Gasteiger partial charge in [-0.1, -0.05) is 20.3 Å². The molecule has 3 saturated carbocycles. The molecule has 16 heteroatoms. The summed E-state index contributed by atoms with van der Waals surface area (Å²) in [5, 5.41) is 2.86. The first-order valence-corrected chi connectivity index (χ1v) is 21.3. The van der Waals surface area contributed by atoms with Crippen molar-refractivity contribution >= 4 is 30.9 Å². The van der Waals surface area contributed by atoms with Gasteiger partial charge >= 0.3 is 19.1 Å². The van der Waals surface area contributed by atoms with E-state index in [2.05, 4.69) is 41.0 Å². The lowest BCUT2D eigenvalue weighted by Crippen LogP contribution is -2.65. The molecule has 0 aromatic carbocycles. The largest absolute Gasteiger partial charge is 0.481 e. The van der Waals surface area contributed by atoms with E-state index in [-0.39, 0.29) is 66.4 Å². The van der Waals surface area contributed by atoms with Crippen LogP contribution in [0.5, 0.6) is 0 Å². The van der Waals surface area contributed by atoms with Crippen molar-refractivity contribution in [1.29, 1.82) is 0 Å². The molecule has 7 rings (SSSR count). The highest BCUT2D eigenvalue weighted by atomic mass is 16.7. The van der Waals surface area contributed by atoms with E-state index in [1.807, 2.05) is 46.4 Å². The zero-order chi connectivity index (χ0) is 42.0. The Morgan fingerprint density at radius 3 is 2.07 bits per heavy atom. The van der Waals surface area contributed by atoms with Crippen LogP contribution < -0.4 is 5.32 Å². The van der Waals surface area contributed by atoms with Crippen LogP contribution >= 0.6 is 0 Å². The maximum absolute atomic E-state index is 13.4. The number of rotatable bonds is 17. The van der Waals surface area contributed by atoms with Gasteiger partial charge in [0.05, 0.1) is 37.3 Å². The molecule has 2 aliphatic heterocycles. The molecule has 1 N–H and O–H groups in total. The normalized spacial score (nSPS) is 25.1. The molecule has 3 aliphatic carbocycles. The predicted molar refractivity (Wildman–Crippen MR) is 217 cm³/mol. The Bertz CT molecular complexity index is 1710. The van der Waals surface area contributed by atoms with E-state index in [1.54, 1.807) is 33.9 Å². The Morgan fingerprint density at radius 1 is 0.897 bits per heavy atom. The third-order valence-electron chi connectivity index (χ3n) is 12.5. The third-order valence-corrected chi connectivity index (χ3v) is 12.5. The molecule has 2 amide bonds. The Hall–Kier alpha value is -3.76. The zero-order valence-electron chi connectivity index (χ0n) is 36.3. The number of hydrogen-bond donors (Lipinski definition) is 1. The summed E-state index contributed by atoms with van der Waals surface area (Å²) in [7, 11) is -0.429. The molecule has 2 bridgehead atoms. The van der Waals surface area contributed by atoms with Crippen LogP contribution in [0.4, 0.5) is 0 Å². The standard InChI is InChI=1S/C42H66BN7O8/c1-39(2,3)55-37(53)27-48-20-16-44-33(48)25-47(26-34-45-17-21-49(34)28-38(54)56-40(4,5)6)18-12-10-11-15-35(51)46-24-36(52)50-19-13-14-32(50)43-57-31-23-29-22-30(41(29,7)8)42(31,9)58-43/h16-17,20-21,29-32H,10-15,18-19,22-28H2,1-9H3,(H,46,51)/t29-,30?,31-,32?,42+/m1/s1. The van der Waals surface area contributed by atoms with Gasteiger partial charge in [0.15, 0.2) is 0 Å². The van der Waals surface area contributed by atoms with Crippen LogP contribution in [-0.2, 0) is 64.1 Å². The highest BCUT2D eigenvalue weighted by Gasteiger charge is 2.69. The highest BCUT2D eigenvalue weighted by Crippen LogP contribution is 2.66. The summed E-state index contributed by atoms with van der Waals surface area (Å²) in [6.07, 6.45) is 13.4. The fourth-order valence-corrected chi connectivity index (χ4v) is 9.52. The smallest absolute Gasteiger partial charge is 0.459 e. The van der Waals surface area contributed by atoms with Gasteiger partial charge in [-0.25, -0.2) is 9.97 Å². The third kappa shape index (κ3) is 10.5. The molecular weight excluding hydrogens is 741 g/mol. The minimum Gasteiger partial charge on any atom is -0.459 e. The van der Waals surface area contributed by atoms with Gasteiger partial charge in [0.2, 0.25) is 11.8 Å². The summed E-state index contributed by atoms with van der Waals surface area (Å²) >= 11 is 0. The van der Waals surface area contributed by atoms with Crippen LogP contribution in [0.15, 0.2) is 24.8 Å². The summed E-state index contributed by atoms with van der Waals surface area (Å²) in [6, 6.07) is 0. The number of amides is 2.